The highest BCUT2D eigenvalue weighted by molar-refractivity contribution is 7.80. The molecule has 3 atom stereocenters. The minimum Gasteiger partial charge on any atom is -0.314 e. The highest BCUT2D eigenvalue weighted by Gasteiger charge is 2.49. The molecule has 3 N–H and O–H groups in total. The summed E-state index contributed by atoms with van der Waals surface area (Å²) in [6.07, 6.45) is 1.32. The molecule has 3 fully saturated rings. The number of hydrogen-bond acceptors (Lipinski definition) is 7. The molecule has 3 amide bonds. The van der Waals surface area contributed by atoms with Gasteiger partial charge in [-0.05, 0) is 24.7 Å². The molecule has 3 heterocycles. The van der Waals surface area contributed by atoms with E-state index in [4.69, 9.17) is 9.39 Å². The minimum atomic E-state index is -4.81. The van der Waals surface area contributed by atoms with E-state index in [-0.39, 0.29) is 18.1 Å². The molecule has 0 spiro atoms. The Labute approximate surface area is 151 Å². The predicted molar refractivity (Wildman–Crippen MR) is 87.7 cm³/mol. The van der Waals surface area contributed by atoms with Crippen LogP contribution in [0.25, 0.3) is 0 Å². The van der Waals surface area contributed by atoms with Gasteiger partial charge in [-0.3, -0.25) is 14.2 Å². The fourth-order valence-electron chi connectivity index (χ4n) is 3.73. The van der Waals surface area contributed by atoms with Crippen molar-refractivity contribution >= 4 is 22.3 Å². The number of piperidine rings is 2. The van der Waals surface area contributed by atoms with Crippen LogP contribution in [0.5, 0.6) is 0 Å². The van der Waals surface area contributed by atoms with Gasteiger partial charge in [-0.15, -0.1) is 4.28 Å². The van der Waals surface area contributed by atoms with Crippen LogP contribution < -0.4 is 10.8 Å². The number of nitrogens with one attached hydrogen (secondary N) is 2. The summed E-state index contributed by atoms with van der Waals surface area (Å²) in [5, 5.41) is 3.85. The normalized spacial score (nSPS) is 31.2. The van der Waals surface area contributed by atoms with Crippen LogP contribution in [0.15, 0.2) is 0 Å². The molecule has 11 nitrogen and oxygen atoms in total. The summed E-state index contributed by atoms with van der Waals surface area (Å²) in [4.78, 5) is 31.5. The van der Waals surface area contributed by atoms with Crippen LogP contribution in [0.2, 0.25) is 0 Å². The third-order valence-corrected chi connectivity index (χ3v) is 5.23. The number of fused-ring (bicyclic) bond motifs is 2. The van der Waals surface area contributed by atoms with Crippen molar-refractivity contribution in [3.8, 4) is 0 Å². The van der Waals surface area contributed by atoms with E-state index in [1.54, 1.807) is 0 Å². The van der Waals surface area contributed by atoms with Gasteiger partial charge in [0.25, 0.3) is 5.91 Å². The summed E-state index contributed by atoms with van der Waals surface area (Å²) in [6, 6.07) is -2.08. The number of carbonyl (C=O) groups excluding carboxylic acids is 2. The number of urea groups is 1. The van der Waals surface area contributed by atoms with E-state index in [9.17, 15) is 18.0 Å². The molecule has 0 saturated carbocycles. The van der Waals surface area contributed by atoms with Crippen molar-refractivity contribution in [3.05, 3.63) is 0 Å². The van der Waals surface area contributed by atoms with Crippen LogP contribution in [0.3, 0.4) is 0 Å². The molecule has 26 heavy (non-hydrogen) atoms. The SMILES string of the molecule is CC1(C)CNCC(ONC(=O)[C@@H]2CC[C@@H]3CN2C(=O)N3OS(=O)(=O)O)C1. The van der Waals surface area contributed by atoms with Crippen LogP contribution in [-0.2, 0) is 24.3 Å². The van der Waals surface area contributed by atoms with Crippen LogP contribution in [0.4, 0.5) is 4.79 Å². The average molecular weight is 392 g/mol. The van der Waals surface area contributed by atoms with Gasteiger partial charge in [-0.2, -0.15) is 13.5 Å². The fourth-order valence-corrected chi connectivity index (χ4v) is 4.12. The Kier molecular flexibility index (Phi) is 5.14. The van der Waals surface area contributed by atoms with E-state index >= 15 is 0 Å². The summed E-state index contributed by atoms with van der Waals surface area (Å²) in [7, 11) is -4.81. The molecule has 3 aliphatic heterocycles. The molecule has 3 saturated heterocycles. The first-order valence-corrected chi connectivity index (χ1v) is 9.85. The standard InChI is InChI=1S/C14H24N4O7S/c1-14(2)5-10(6-15-8-14)24-16-12(19)11-4-3-9-7-17(11)13(20)18(9)25-26(21,22)23/h9-11,15H,3-8H2,1-2H3,(H,16,19)(H,21,22,23)/t9-,10?,11+/m1/s1. The highest BCUT2D eigenvalue weighted by atomic mass is 32.3. The van der Waals surface area contributed by atoms with Crippen LogP contribution in [0.1, 0.15) is 33.1 Å². The molecule has 0 aromatic carbocycles. The fraction of sp³-hybridized carbons (Fsp3) is 0.857. The molecule has 3 aliphatic rings. The van der Waals surface area contributed by atoms with Crippen molar-refractivity contribution in [3.63, 3.8) is 0 Å². The number of hydrogen-bond donors (Lipinski definition) is 3. The number of nitrogens with zero attached hydrogens (tertiary/aromatic N) is 2. The Hall–Kier alpha value is -1.47. The van der Waals surface area contributed by atoms with Gasteiger partial charge in [0.1, 0.15) is 6.04 Å². The Bertz CT molecular complexity index is 683. The number of hydroxylamine groups is 3. The lowest BCUT2D eigenvalue weighted by Crippen LogP contribution is -2.52. The average Bonchev–Trinajstić information content (AvgIpc) is 2.75. The zero-order chi connectivity index (χ0) is 19.1. The van der Waals surface area contributed by atoms with Gasteiger partial charge in [0.05, 0.1) is 12.1 Å². The van der Waals surface area contributed by atoms with Gasteiger partial charge in [0.15, 0.2) is 0 Å². The molecule has 0 aliphatic carbocycles. The second kappa shape index (κ2) is 6.93. The lowest BCUT2D eigenvalue weighted by molar-refractivity contribution is -0.146. The van der Waals surface area contributed by atoms with Crippen molar-refractivity contribution in [2.45, 2.75) is 51.3 Å². The second-order valence-corrected chi connectivity index (χ2v) is 8.72. The second-order valence-electron chi connectivity index (χ2n) is 7.72. The van der Waals surface area contributed by atoms with E-state index in [1.165, 1.54) is 4.90 Å². The molecule has 1 unspecified atom stereocenters. The molecule has 0 aromatic rings. The first-order chi connectivity index (χ1) is 12.1. The third kappa shape index (κ3) is 4.26. The van der Waals surface area contributed by atoms with Crippen molar-refractivity contribution in [2.75, 3.05) is 19.6 Å². The number of amides is 3. The summed E-state index contributed by atoms with van der Waals surface area (Å²) < 4.78 is 34.9. The monoisotopic (exact) mass is 392 g/mol. The minimum absolute atomic E-state index is 0.0598. The Morgan fingerprint density at radius 3 is 2.77 bits per heavy atom. The zero-order valence-corrected chi connectivity index (χ0v) is 15.5. The van der Waals surface area contributed by atoms with Crippen LogP contribution in [-0.4, -0.2) is 72.7 Å². The Morgan fingerprint density at radius 1 is 1.38 bits per heavy atom. The van der Waals surface area contributed by atoms with E-state index < -0.39 is 34.4 Å². The van der Waals surface area contributed by atoms with Crippen molar-refractivity contribution < 1.29 is 31.7 Å². The molecule has 12 heteroatoms. The summed E-state index contributed by atoms with van der Waals surface area (Å²) >= 11 is 0. The quantitative estimate of drug-likeness (QED) is 0.418. The summed E-state index contributed by atoms with van der Waals surface area (Å²) in [6.45, 7) is 5.84. The van der Waals surface area contributed by atoms with E-state index in [2.05, 4.69) is 28.9 Å². The molecule has 0 aromatic heterocycles. The van der Waals surface area contributed by atoms with Gasteiger partial charge in [-0.25, -0.2) is 10.3 Å². The van der Waals surface area contributed by atoms with Gasteiger partial charge >= 0.3 is 16.4 Å². The van der Waals surface area contributed by atoms with E-state index in [1.807, 2.05) is 0 Å². The van der Waals surface area contributed by atoms with Gasteiger partial charge in [0, 0.05) is 19.6 Å². The first-order valence-electron chi connectivity index (χ1n) is 8.49. The topological polar surface area (TPSA) is 138 Å². The summed E-state index contributed by atoms with van der Waals surface area (Å²) in [5.74, 6) is -0.464. The maximum absolute atomic E-state index is 12.5. The van der Waals surface area contributed by atoms with Crippen molar-refractivity contribution in [1.29, 1.82) is 0 Å². The molecular formula is C14H24N4O7S. The van der Waals surface area contributed by atoms with Crippen LogP contribution >= 0.6 is 0 Å². The molecule has 3 rings (SSSR count). The smallest absolute Gasteiger partial charge is 0.314 e. The molecule has 148 valence electrons. The van der Waals surface area contributed by atoms with Crippen LogP contribution in [0, 0.1) is 5.41 Å². The molecular weight excluding hydrogens is 368 g/mol. The zero-order valence-electron chi connectivity index (χ0n) is 14.7. The lowest BCUT2D eigenvalue weighted by Gasteiger charge is -2.36. The largest absolute Gasteiger partial charge is 0.418 e. The number of rotatable bonds is 5. The maximum Gasteiger partial charge on any atom is 0.418 e. The van der Waals surface area contributed by atoms with Crippen molar-refractivity contribution in [1.82, 2.24) is 20.8 Å². The maximum atomic E-state index is 12.5. The summed E-state index contributed by atoms with van der Waals surface area (Å²) in [5.41, 5.74) is 2.49. The van der Waals surface area contributed by atoms with Crippen molar-refractivity contribution in [2.24, 2.45) is 5.41 Å². The van der Waals surface area contributed by atoms with Gasteiger partial charge < -0.3 is 10.2 Å². The Morgan fingerprint density at radius 2 is 2.12 bits per heavy atom. The molecule has 0 radical (unpaired) electrons. The first kappa shape index (κ1) is 19.3. The molecule has 2 bridgehead atoms. The van der Waals surface area contributed by atoms with Gasteiger partial charge in [-0.1, -0.05) is 13.8 Å². The number of carbonyl (C=O) groups is 2. The predicted octanol–water partition coefficient (Wildman–Crippen LogP) is -0.575. The van der Waals surface area contributed by atoms with E-state index in [0.29, 0.717) is 24.4 Å². The highest BCUT2D eigenvalue weighted by Crippen LogP contribution is 2.31. The van der Waals surface area contributed by atoms with E-state index in [0.717, 1.165) is 13.0 Å². The lowest BCUT2D eigenvalue weighted by atomic mass is 9.84. The third-order valence-electron chi connectivity index (χ3n) is 4.88. The Balaban J connectivity index is 1.57. The van der Waals surface area contributed by atoms with Gasteiger partial charge in [0.2, 0.25) is 0 Å².